The van der Waals surface area contributed by atoms with Gasteiger partial charge in [0.05, 0.1) is 6.54 Å². The maximum Gasteiger partial charge on any atom is 0.244 e. The summed E-state index contributed by atoms with van der Waals surface area (Å²) in [5.41, 5.74) is 2.19. The van der Waals surface area contributed by atoms with Crippen molar-refractivity contribution in [2.24, 2.45) is 0 Å². The van der Waals surface area contributed by atoms with Gasteiger partial charge in [-0.3, -0.25) is 9.59 Å². The number of nitrogens with zero attached hydrogens (tertiary/aromatic N) is 5. The Kier molecular flexibility index (Phi) is 6.53. The Morgan fingerprint density at radius 1 is 0.833 bits per heavy atom. The van der Waals surface area contributed by atoms with Crippen LogP contribution in [0.4, 0.5) is 8.78 Å². The van der Waals surface area contributed by atoms with Crippen LogP contribution in [0.2, 0.25) is 0 Å². The third-order valence-corrected chi connectivity index (χ3v) is 6.05. The minimum absolute atomic E-state index is 0.0168. The number of hydrogen-bond donors (Lipinski definition) is 0. The smallest absolute Gasteiger partial charge is 0.244 e. The molecule has 1 fully saturated rings. The number of amides is 2. The molecule has 9 heteroatoms. The minimum atomic E-state index is -0.397. The molecule has 36 heavy (non-hydrogen) atoms. The fourth-order valence-electron chi connectivity index (χ4n) is 4.11. The summed E-state index contributed by atoms with van der Waals surface area (Å²) < 4.78 is 28.3. The molecule has 0 radical (unpaired) electrons. The second kappa shape index (κ2) is 10.1. The van der Waals surface area contributed by atoms with Gasteiger partial charge in [0.1, 0.15) is 18.2 Å². The van der Waals surface area contributed by atoms with Crippen LogP contribution in [0.5, 0.6) is 0 Å². The lowest BCUT2D eigenvalue weighted by molar-refractivity contribution is -0.146. The van der Waals surface area contributed by atoms with Crippen molar-refractivity contribution in [1.29, 1.82) is 0 Å². The van der Waals surface area contributed by atoms with Crippen LogP contribution in [0.1, 0.15) is 5.56 Å². The molecule has 1 aromatic heterocycles. The van der Waals surface area contributed by atoms with Crippen LogP contribution in [-0.4, -0.2) is 56.0 Å². The van der Waals surface area contributed by atoms with Gasteiger partial charge in [0.15, 0.2) is 11.6 Å². The molecule has 2 amide bonds. The fraction of sp³-hybridized carbons (Fsp3) is 0.185. The molecule has 0 spiro atoms. The maximum absolute atomic E-state index is 13.5. The highest BCUT2D eigenvalue weighted by Gasteiger charge is 2.28. The summed E-state index contributed by atoms with van der Waals surface area (Å²) in [7, 11) is 0. The van der Waals surface area contributed by atoms with Crippen molar-refractivity contribution in [3.05, 3.63) is 96.1 Å². The van der Waals surface area contributed by atoms with Crippen LogP contribution in [0.15, 0.2) is 78.9 Å². The highest BCUT2D eigenvalue weighted by Crippen LogP contribution is 2.23. The molecule has 0 aliphatic carbocycles. The van der Waals surface area contributed by atoms with E-state index in [-0.39, 0.29) is 30.7 Å². The van der Waals surface area contributed by atoms with Gasteiger partial charge in [0.25, 0.3) is 0 Å². The molecule has 0 atom stereocenters. The van der Waals surface area contributed by atoms with Gasteiger partial charge in [-0.1, -0.05) is 30.3 Å². The van der Waals surface area contributed by atoms with Crippen molar-refractivity contribution in [1.82, 2.24) is 24.6 Å². The predicted octanol–water partition coefficient (Wildman–Crippen LogP) is 3.76. The quantitative estimate of drug-likeness (QED) is 0.415. The summed E-state index contributed by atoms with van der Waals surface area (Å²) in [6, 6.07) is 21.1. The Labute approximate surface area is 206 Å². The summed E-state index contributed by atoms with van der Waals surface area (Å²) in [6.07, 6.45) is 0. The molecule has 1 saturated heterocycles. The molecule has 1 aliphatic rings. The van der Waals surface area contributed by atoms with E-state index in [4.69, 9.17) is 0 Å². The molecule has 182 valence electrons. The first-order valence-electron chi connectivity index (χ1n) is 11.5. The first-order valence-corrected chi connectivity index (χ1v) is 11.5. The standard InChI is InChI=1S/C27H23F2N5O2/c28-22-10-6-20(7-11-22)26-30-27(21-8-12-23(29)13-9-21)34(31-26)18-25(36)33-15-14-32(24(35)17-33)16-19-4-2-1-3-5-19/h1-13H,14-18H2. The largest absolute Gasteiger partial charge is 0.335 e. The van der Waals surface area contributed by atoms with Crippen LogP contribution in [0, 0.1) is 11.6 Å². The number of piperazine rings is 1. The van der Waals surface area contributed by atoms with Crippen molar-refractivity contribution in [3.63, 3.8) is 0 Å². The fourth-order valence-corrected chi connectivity index (χ4v) is 4.11. The lowest BCUT2D eigenvalue weighted by Crippen LogP contribution is -2.52. The van der Waals surface area contributed by atoms with Crippen LogP contribution >= 0.6 is 0 Å². The van der Waals surface area contributed by atoms with Crippen LogP contribution in [0.25, 0.3) is 22.8 Å². The average Bonchev–Trinajstić information content (AvgIpc) is 3.30. The monoisotopic (exact) mass is 487 g/mol. The Bertz CT molecular complexity index is 1370. The van der Waals surface area contributed by atoms with E-state index in [0.29, 0.717) is 42.4 Å². The minimum Gasteiger partial charge on any atom is -0.335 e. The SMILES string of the molecule is O=C(Cn1nc(-c2ccc(F)cc2)nc1-c1ccc(F)cc1)N1CCN(Cc2ccccc2)C(=O)C1. The van der Waals surface area contributed by atoms with Gasteiger partial charge in [0.2, 0.25) is 11.8 Å². The van der Waals surface area contributed by atoms with Gasteiger partial charge in [0, 0.05) is 30.8 Å². The molecule has 0 bridgehead atoms. The molecular formula is C27H23F2N5O2. The van der Waals surface area contributed by atoms with Crippen LogP contribution < -0.4 is 0 Å². The Morgan fingerprint density at radius 2 is 1.47 bits per heavy atom. The lowest BCUT2D eigenvalue weighted by Gasteiger charge is -2.34. The number of benzene rings is 3. The molecule has 0 N–H and O–H groups in total. The van der Waals surface area contributed by atoms with Gasteiger partial charge in [-0.2, -0.15) is 0 Å². The second-order valence-corrected chi connectivity index (χ2v) is 8.55. The molecule has 1 aliphatic heterocycles. The Balaban J connectivity index is 1.34. The lowest BCUT2D eigenvalue weighted by atomic mass is 10.2. The second-order valence-electron chi connectivity index (χ2n) is 8.55. The third kappa shape index (κ3) is 5.14. The topological polar surface area (TPSA) is 71.3 Å². The number of aromatic nitrogens is 3. The van der Waals surface area contributed by atoms with E-state index in [2.05, 4.69) is 10.1 Å². The molecule has 5 rings (SSSR count). The number of halogens is 2. The van der Waals surface area contributed by atoms with Crippen LogP contribution in [-0.2, 0) is 22.7 Å². The average molecular weight is 488 g/mol. The van der Waals surface area contributed by atoms with Crippen molar-refractivity contribution in [2.45, 2.75) is 13.1 Å². The highest BCUT2D eigenvalue weighted by atomic mass is 19.1. The van der Waals surface area contributed by atoms with E-state index in [9.17, 15) is 18.4 Å². The predicted molar refractivity (Wildman–Crippen MR) is 129 cm³/mol. The van der Waals surface area contributed by atoms with E-state index in [0.717, 1.165) is 5.56 Å². The van der Waals surface area contributed by atoms with Gasteiger partial charge in [-0.05, 0) is 54.1 Å². The molecule has 0 saturated carbocycles. The highest BCUT2D eigenvalue weighted by molar-refractivity contribution is 5.86. The zero-order valence-corrected chi connectivity index (χ0v) is 19.3. The van der Waals surface area contributed by atoms with Gasteiger partial charge < -0.3 is 9.80 Å². The van der Waals surface area contributed by atoms with Gasteiger partial charge >= 0.3 is 0 Å². The molecule has 0 unspecified atom stereocenters. The summed E-state index contributed by atoms with van der Waals surface area (Å²) in [6.45, 7) is 1.18. The van der Waals surface area contributed by atoms with Crippen molar-refractivity contribution in [3.8, 4) is 22.8 Å². The molecule has 2 heterocycles. The zero-order valence-electron chi connectivity index (χ0n) is 19.3. The van der Waals surface area contributed by atoms with E-state index in [1.165, 1.54) is 33.8 Å². The Hall–Kier alpha value is -4.40. The summed E-state index contributed by atoms with van der Waals surface area (Å²) in [4.78, 5) is 33.7. The Morgan fingerprint density at radius 3 is 2.11 bits per heavy atom. The van der Waals surface area contributed by atoms with E-state index < -0.39 is 5.82 Å². The summed E-state index contributed by atoms with van der Waals surface area (Å²) in [5, 5.41) is 4.48. The third-order valence-electron chi connectivity index (χ3n) is 6.05. The van der Waals surface area contributed by atoms with E-state index in [1.54, 1.807) is 29.2 Å². The van der Waals surface area contributed by atoms with Crippen LogP contribution in [0.3, 0.4) is 0 Å². The number of carbonyl (C=O) groups excluding carboxylic acids is 2. The van der Waals surface area contributed by atoms with Gasteiger partial charge in [-0.15, -0.1) is 5.10 Å². The van der Waals surface area contributed by atoms with Crippen molar-refractivity contribution >= 4 is 11.8 Å². The molecule has 7 nitrogen and oxygen atoms in total. The molecular weight excluding hydrogens is 464 g/mol. The first-order chi connectivity index (χ1) is 17.5. The van der Waals surface area contributed by atoms with Crippen molar-refractivity contribution < 1.29 is 18.4 Å². The van der Waals surface area contributed by atoms with E-state index >= 15 is 0 Å². The van der Waals surface area contributed by atoms with E-state index in [1.807, 2.05) is 30.3 Å². The van der Waals surface area contributed by atoms with Crippen molar-refractivity contribution in [2.75, 3.05) is 19.6 Å². The first kappa shape index (κ1) is 23.3. The normalized spacial score (nSPS) is 13.8. The maximum atomic E-state index is 13.5. The number of hydrogen-bond acceptors (Lipinski definition) is 4. The molecule has 3 aromatic carbocycles. The zero-order chi connectivity index (χ0) is 25.1. The van der Waals surface area contributed by atoms with Gasteiger partial charge in [-0.25, -0.2) is 18.4 Å². The summed E-state index contributed by atoms with van der Waals surface area (Å²) in [5.74, 6) is -0.498. The summed E-state index contributed by atoms with van der Waals surface area (Å²) >= 11 is 0. The number of rotatable bonds is 6. The molecule has 4 aromatic rings. The number of carbonyl (C=O) groups is 2.